The van der Waals surface area contributed by atoms with E-state index in [2.05, 4.69) is 15.4 Å². The number of anilines is 2. The Morgan fingerprint density at radius 3 is 2.97 bits per heavy atom. The van der Waals surface area contributed by atoms with E-state index in [1.165, 1.54) is 18.2 Å². The van der Waals surface area contributed by atoms with Gasteiger partial charge >= 0.3 is 0 Å². The van der Waals surface area contributed by atoms with Crippen LogP contribution >= 0.6 is 22.9 Å². The zero-order valence-electron chi connectivity index (χ0n) is 18.2. The van der Waals surface area contributed by atoms with Gasteiger partial charge < -0.3 is 31.4 Å². The molecule has 4 rings (SSSR count). The molecule has 0 bridgehead atoms. The summed E-state index contributed by atoms with van der Waals surface area (Å²) in [6, 6.07) is 4.06. The summed E-state index contributed by atoms with van der Waals surface area (Å²) < 4.78 is 27.4. The average Bonchev–Trinajstić information content (AvgIpc) is 3.28. The van der Waals surface area contributed by atoms with Gasteiger partial charge in [0, 0.05) is 30.8 Å². The molecule has 3 heterocycles. The van der Waals surface area contributed by atoms with Crippen LogP contribution in [0.1, 0.15) is 36.6 Å². The molecule has 6 N–H and O–H groups in total. The number of nitrogen functional groups attached to an aromatic ring is 1. The molecule has 1 aliphatic heterocycles. The predicted octanol–water partition coefficient (Wildman–Crippen LogP) is 3.22. The van der Waals surface area contributed by atoms with Crippen LogP contribution in [0.15, 0.2) is 24.4 Å². The number of nitrogens with zero attached hydrogens (tertiary/aromatic N) is 3. The molecule has 0 aliphatic carbocycles. The van der Waals surface area contributed by atoms with Crippen molar-refractivity contribution in [3.8, 4) is 10.6 Å². The Balaban J connectivity index is 1.56. The Kier molecular flexibility index (Phi) is 7.17. The van der Waals surface area contributed by atoms with E-state index in [1.807, 2.05) is 0 Å². The lowest BCUT2D eigenvalue weighted by Gasteiger charge is -2.20. The van der Waals surface area contributed by atoms with Crippen molar-refractivity contribution >= 4 is 33.6 Å². The van der Waals surface area contributed by atoms with E-state index in [0.29, 0.717) is 35.2 Å². The number of ether oxygens (including phenoxy) is 2. The second kappa shape index (κ2) is 9.92. The van der Waals surface area contributed by atoms with Crippen molar-refractivity contribution in [1.29, 1.82) is 0 Å². The van der Waals surface area contributed by atoms with Gasteiger partial charge in [-0.25, -0.2) is 9.37 Å². The van der Waals surface area contributed by atoms with Gasteiger partial charge in [0.25, 0.3) is 0 Å². The average molecular weight is 497 g/mol. The topological polar surface area (TPSA) is 133 Å². The molecule has 1 unspecified atom stereocenters. The second-order valence-electron chi connectivity index (χ2n) is 7.84. The molecule has 0 radical (unpaired) electrons. The van der Waals surface area contributed by atoms with Crippen molar-refractivity contribution in [3.05, 3.63) is 46.6 Å². The van der Waals surface area contributed by atoms with E-state index < -0.39 is 12.0 Å². The van der Waals surface area contributed by atoms with E-state index in [-0.39, 0.29) is 34.5 Å². The van der Waals surface area contributed by atoms with Crippen molar-refractivity contribution in [2.24, 2.45) is 12.8 Å². The molecule has 0 saturated carbocycles. The van der Waals surface area contributed by atoms with E-state index in [9.17, 15) is 9.50 Å². The van der Waals surface area contributed by atoms with Gasteiger partial charge in [-0.3, -0.25) is 4.68 Å². The van der Waals surface area contributed by atoms with Crippen LogP contribution in [-0.4, -0.2) is 45.7 Å². The van der Waals surface area contributed by atoms with Crippen LogP contribution in [0.3, 0.4) is 0 Å². The number of aliphatic hydroxyl groups excluding tert-OH is 1. The number of aromatic nitrogens is 3. The number of thiazole rings is 1. The summed E-state index contributed by atoms with van der Waals surface area (Å²) in [5, 5.41) is 19.1. The maximum atomic E-state index is 14.3. The molecular weight excluding hydrogens is 471 g/mol. The first kappa shape index (κ1) is 23.9. The highest BCUT2D eigenvalue weighted by atomic mass is 35.5. The first-order valence-corrected chi connectivity index (χ1v) is 11.6. The molecule has 1 saturated heterocycles. The van der Waals surface area contributed by atoms with Gasteiger partial charge in [-0.2, -0.15) is 5.10 Å². The Labute approximate surface area is 199 Å². The van der Waals surface area contributed by atoms with Gasteiger partial charge in [-0.15, -0.1) is 0 Å². The van der Waals surface area contributed by atoms with Gasteiger partial charge in [0.05, 0.1) is 30.3 Å². The first-order valence-electron chi connectivity index (χ1n) is 10.4. The molecule has 9 nitrogen and oxygen atoms in total. The Bertz CT molecular complexity index is 1130. The number of methoxy groups -OCH3 is 1. The number of aliphatic hydroxyl groups is 1. The van der Waals surface area contributed by atoms with Gasteiger partial charge in [-0.05, 0) is 31.0 Å². The minimum atomic E-state index is -1.25. The third kappa shape index (κ3) is 4.98. The standard InChI is InChI=1S/C21H26ClFN6O3S/c1-29-18(15-6-5-13(24)16(31-2)9-32-15)14(8-26-29)27-20(30)17-19(25)33-21(28-17)11-7-10(22)3-4-12(11)23/h3-4,7-8,13,15-16,20,27,30H,5-6,9,24-25H2,1-2H3/t13-,15+,16+,20?/m1/s1. The molecule has 1 fully saturated rings. The summed E-state index contributed by atoms with van der Waals surface area (Å²) >= 11 is 7.06. The van der Waals surface area contributed by atoms with E-state index in [0.717, 1.165) is 17.0 Å². The molecule has 12 heteroatoms. The molecule has 2 aromatic heterocycles. The highest BCUT2D eigenvalue weighted by Gasteiger charge is 2.30. The fourth-order valence-electron chi connectivity index (χ4n) is 3.88. The number of nitrogens with one attached hydrogen (secondary N) is 1. The van der Waals surface area contributed by atoms with Crippen LogP contribution in [0.4, 0.5) is 15.1 Å². The van der Waals surface area contributed by atoms with Gasteiger partial charge in [0.1, 0.15) is 27.6 Å². The number of halogens is 2. The van der Waals surface area contributed by atoms with Crippen LogP contribution in [0, 0.1) is 5.82 Å². The third-order valence-corrected chi connectivity index (χ3v) is 6.85. The van der Waals surface area contributed by atoms with Crippen molar-refractivity contribution in [2.75, 3.05) is 24.8 Å². The second-order valence-corrected chi connectivity index (χ2v) is 9.31. The minimum absolute atomic E-state index is 0.129. The van der Waals surface area contributed by atoms with Crippen LogP contribution in [-0.2, 0) is 16.5 Å². The molecule has 1 aliphatic rings. The maximum absolute atomic E-state index is 14.3. The molecule has 0 amide bonds. The monoisotopic (exact) mass is 496 g/mol. The number of hydrogen-bond acceptors (Lipinski definition) is 9. The van der Waals surface area contributed by atoms with Crippen molar-refractivity contribution in [2.45, 2.75) is 37.3 Å². The summed E-state index contributed by atoms with van der Waals surface area (Å²) in [5.74, 6) is -0.477. The molecular formula is C21H26ClFN6O3S. The van der Waals surface area contributed by atoms with Crippen molar-refractivity contribution in [1.82, 2.24) is 14.8 Å². The van der Waals surface area contributed by atoms with Gasteiger partial charge in [0.15, 0.2) is 6.23 Å². The Hall–Kier alpha value is -2.28. The molecule has 178 valence electrons. The Morgan fingerprint density at radius 1 is 1.42 bits per heavy atom. The predicted molar refractivity (Wildman–Crippen MR) is 125 cm³/mol. The largest absolute Gasteiger partial charge is 0.389 e. The lowest BCUT2D eigenvalue weighted by atomic mass is 10.0. The fraction of sp³-hybridized carbons (Fsp3) is 0.429. The summed E-state index contributed by atoms with van der Waals surface area (Å²) in [6.07, 6.45) is 1.25. The van der Waals surface area contributed by atoms with Crippen molar-refractivity contribution < 1.29 is 19.0 Å². The number of hydrogen-bond donors (Lipinski definition) is 4. The normalized spacial score (nSPS) is 22.2. The lowest BCUT2D eigenvalue weighted by Crippen LogP contribution is -2.37. The highest BCUT2D eigenvalue weighted by Crippen LogP contribution is 2.37. The smallest absolute Gasteiger partial charge is 0.171 e. The Morgan fingerprint density at radius 2 is 2.21 bits per heavy atom. The van der Waals surface area contributed by atoms with Crippen molar-refractivity contribution in [3.63, 3.8) is 0 Å². The van der Waals surface area contributed by atoms with Crippen LogP contribution < -0.4 is 16.8 Å². The summed E-state index contributed by atoms with van der Waals surface area (Å²) in [7, 11) is 3.41. The first-order chi connectivity index (χ1) is 15.8. The number of rotatable bonds is 6. The highest BCUT2D eigenvalue weighted by molar-refractivity contribution is 7.18. The quantitative estimate of drug-likeness (QED) is 0.382. The lowest BCUT2D eigenvalue weighted by molar-refractivity contribution is -0.0212. The molecule has 0 spiro atoms. The van der Waals surface area contributed by atoms with Gasteiger partial charge in [-0.1, -0.05) is 22.9 Å². The minimum Gasteiger partial charge on any atom is -0.389 e. The number of aryl methyl sites for hydroxylation is 1. The summed E-state index contributed by atoms with van der Waals surface area (Å²) in [4.78, 5) is 4.36. The van der Waals surface area contributed by atoms with E-state index in [4.69, 9.17) is 32.5 Å². The molecule has 1 aromatic carbocycles. The zero-order chi connectivity index (χ0) is 23.7. The summed E-state index contributed by atoms with van der Waals surface area (Å²) in [5.41, 5.74) is 14.0. The summed E-state index contributed by atoms with van der Waals surface area (Å²) in [6.45, 7) is 0.350. The molecule has 3 aromatic rings. The number of nitrogens with two attached hydrogens (primary N) is 2. The van der Waals surface area contributed by atoms with E-state index in [1.54, 1.807) is 25.0 Å². The molecule has 33 heavy (non-hydrogen) atoms. The number of benzene rings is 1. The SMILES string of the molecule is CO[C@H]1CO[C@H](c2c(NC(O)c3nc(-c4cc(Cl)ccc4F)sc3N)cnn2C)CC[C@H]1N. The van der Waals surface area contributed by atoms with Gasteiger partial charge in [0.2, 0.25) is 0 Å². The van der Waals surface area contributed by atoms with Crippen LogP contribution in [0.25, 0.3) is 10.6 Å². The van der Waals surface area contributed by atoms with Crippen LogP contribution in [0.5, 0.6) is 0 Å². The van der Waals surface area contributed by atoms with Crippen LogP contribution in [0.2, 0.25) is 5.02 Å². The fourth-order valence-corrected chi connectivity index (χ4v) is 4.93. The maximum Gasteiger partial charge on any atom is 0.171 e. The third-order valence-electron chi connectivity index (χ3n) is 5.68. The molecule has 4 atom stereocenters. The van der Waals surface area contributed by atoms with E-state index >= 15 is 0 Å². The zero-order valence-corrected chi connectivity index (χ0v) is 19.7.